The second-order valence-corrected chi connectivity index (χ2v) is 10.1. The summed E-state index contributed by atoms with van der Waals surface area (Å²) in [6.45, 7) is 4.62. The Balaban J connectivity index is 3.61. The molecule has 0 aromatic carbocycles. The molecule has 0 heterocycles. The van der Waals surface area contributed by atoms with Gasteiger partial charge in [0.1, 0.15) is 0 Å². The van der Waals surface area contributed by atoms with Gasteiger partial charge in [-0.1, -0.05) is 142 Å². The zero-order valence-electron chi connectivity index (χ0n) is 22.1. The van der Waals surface area contributed by atoms with Crippen molar-refractivity contribution in [1.82, 2.24) is 0 Å². The molecule has 0 rings (SSSR count). The fourth-order valence-corrected chi connectivity index (χ4v) is 4.68. The standard InChI is InChI=1S/C30H58O2/c1-3-5-7-8-9-10-13-16-19-22-26-29(25-6-4-2)27-23-20-17-14-11-12-15-18-21-24-28-30(31)32/h14,17,29H,3-13,15-16,18-28H2,1-2H3,(H,31,32). The summed E-state index contributed by atoms with van der Waals surface area (Å²) >= 11 is 0. The van der Waals surface area contributed by atoms with Gasteiger partial charge >= 0.3 is 5.97 Å². The van der Waals surface area contributed by atoms with Gasteiger partial charge in [-0.3, -0.25) is 4.79 Å². The molecule has 0 saturated carbocycles. The van der Waals surface area contributed by atoms with Gasteiger partial charge in [-0.15, -0.1) is 0 Å². The predicted molar refractivity (Wildman–Crippen MR) is 142 cm³/mol. The van der Waals surface area contributed by atoms with Gasteiger partial charge in [-0.05, 0) is 38.0 Å². The summed E-state index contributed by atoms with van der Waals surface area (Å²) in [5.74, 6) is 0.302. The van der Waals surface area contributed by atoms with Crippen LogP contribution in [0.15, 0.2) is 12.2 Å². The third-order valence-corrected chi connectivity index (χ3v) is 6.84. The van der Waals surface area contributed by atoms with Crippen LogP contribution in [0.3, 0.4) is 0 Å². The minimum absolute atomic E-state index is 0.332. The Kier molecular flexibility index (Phi) is 25.8. The summed E-state index contributed by atoms with van der Waals surface area (Å²) < 4.78 is 0. The van der Waals surface area contributed by atoms with Crippen molar-refractivity contribution in [2.75, 3.05) is 0 Å². The number of hydrogen-bond acceptors (Lipinski definition) is 1. The zero-order chi connectivity index (χ0) is 23.5. The van der Waals surface area contributed by atoms with Gasteiger partial charge in [0.2, 0.25) is 0 Å². The minimum atomic E-state index is -0.659. The van der Waals surface area contributed by atoms with Crippen LogP contribution < -0.4 is 0 Å². The summed E-state index contributed by atoms with van der Waals surface area (Å²) in [5, 5.41) is 8.63. The third kappa shape index (κ3) is 25.5. The van der Waals surface area contributed by atoms with Gasteiger partial charge < -0.3 is 5.11 Å². The van der Waals surface area contributed by atoms with Crippen molar-refractivity contribution in [2.24, 2.45) is 5.92 Å². The molecule has 0 aliphatic rings. The molecule has 2 nitrogen and oxygen atoms in total. The van der Waals surface area contributed by atoms with Crippen LogP contribution in [0.4, 0.5) is 0 Å². The molecule has 1 atom stereocenters. The van der Waals surface area contributed by atoms with Crippen molar-refractivity contribution in [3.8, 4) is 0 Å². The lowest BCUT2D eigenvalue weighted by Gasteiger charge is -2.16. The summed E-state index contributed by atoms with van der Waals surface area (Å²) in [4.78, 5) is 10.5. The van der Waals surface area contributed by atoms with Gasteiger partial charge in [0.05, 0.1) is 0 Å². The topological polar surface area (TPSA) is 37.3 Å². The van der Waals surface area contributed by atoms with Gasteiger partial charge in [0.25, 0.3) is 0 Å². The van der Waals surface area contributed by atoms with Gasteiger partial charge in [-0.25, -0.2) is 0 Å². The molecule has 0 aromatic heterocycles. The normalized spacial score (nSPS) is 12.6. The van der Waals surface area contributed by atoms with Crippen LogP contribution in [-0.4, -0.2) is 11.1 Å². The Morgan fingerprint density at radius 1 is 0.562 bits per heavy atom. The van der Waals surface area contributed by atoms with Crippen LogP contribution in [0, 0.1) is 5.92 Å². The number of carboxylic acid groups (broad SMARTS) is 1. The first-order chi connectivity index (χ1) is 15.7. The van der Waals surface area contributed by atoms with E-state index in [9.17, 15) is 4.79 Å². The number of unbranched alkanes of at least 4 members (excludes halogenated alkanes) is 16. The van der Waals surface area contributed by atoms with E-state index in [4.69, 9.17) is 5.11 Å². The Morgan fingerprint density at radius 3 is 1.59 bits per heavy atom. The highest BCUT2D eigenvalue weighted by Gasteiger charge is 2.07. The number of aliphatic carboxylic acids is 1. The summed E-state index contributed by atoms with van der Waals surface area (Å²) in [5.41, 5.74) is 0. The van der Waals surface area contributed by atoms with Crippen molar-refractivity contribution >= 4 is 5.97 Å². The third-order valence-electron chi connectivity index (χ3n) is 6.84. The molecule has 190 valence electrons. The molecule has 0 aliphatic heterocycles. The van der Waals surface area contributed by atoms with Crippen molar-refractivity contribution in [3.05, 3.63) is 12.2 Å². The summed E-state index contributed by atoms with van der Waals surface area (Å²) in [6.07, 6.45) is 36.0. The second-order valence-electron chi connectivity index (χ2n) is 10.1. The smallest absolute Gasteiger partial charge is 0.303 e. The lowest BCUT2D eigenvalue weighted by Crippen LogP contribution is -2.01. The largest absolute Gasteiger partial charge is 0.481 e. The molecule has 0 bridgehead atoms. The van der Waals surface area contributed by atoms with E-state index in [0.29, 0.717) is 6.42 Å². The Bertz CT molecular complexity index is 402. The van der Waals surface area contributed by atoms with Gasteiger partial charge in [0, 0.05) is 6.42 Å². The summed E-state index contributed by atoms with van der Waals surface area (Å²) in [7, 11) is 0. The molecule has 1 N–H and O–H groups in total. The maximum Gasteiger partial charge on any atom is 0.303 e. The summed E-state index contributed by atoms with van der Waals surface area (Å²) in [6, 6.07) is 0. The first kappa shape index (κ1) is 31.2. The van der Waals surface area contributed by atoms with Gasteiger partial charge in [-0.2, -0.15) is 0 Å². The molecular formula is C30H58O2. The maximum absolute atomic E-state index is 10.5. The maximum atomic E-state index is 10.5. The highest BCUT2D eigenvalue weighted by atomic mass is 16.4. The average Bonchev–Trinajstić information content (AvgIpc) is 2.78. The van der Waals surface area contributed by atoms with E-state index in [1.165, 1.54) is 135 Å². The van der Waals surface area contributed by atoms with Crippen molar-refractivity contribution in [1.29, 1.82) is 0 Å². The number of carboxylic acids is 1. The van der Waals surface area contributed by atoms with Crippen molar-refractivity contribution in [2.45, 2.75) is 168 Å². The molecular weight excluding hydrogens is 392 g/mol. The number of rotatable bonds is 26. The molecule has 0 radical (unpaired) electrons. The van der Waals surface area contributed by atoms with E-state index in [0.717, 1.165) is 18.8 Å². The van der Waals surface area contributed by atoms with Crippen LogP contribution >= 0.6 is 0 Å². The van der Waals surface area contributed by atoms with E-state index >= 15 is 0 Å². The lowest BCUT2D eigenvalue weighted by molar-refractivity contribution is -0.137. The zero-order valence-corrected chi connectivity index (χ0v) is 22.1. The van der Waals surface area contributed by atoms with E-state index in [1.807, 2.05) is 0 Å². The quantitative estimate of drug-likeness (QED) is 0.105. The van der Waals surface area contributed by atoms with Crippen LogP contribution in [0.25, 0.3) is 0 Å². The molecule has 0 amide bonds. The SMILES string of the molecule is CCCCCCCCCCCCC(CCCC)CCCC=CCCCCCCCC(=O)O. The first-order valence-electron chi connectivity index (χ1n) is 14.6. The molecule has 0 aromatic rings. The fourth-order valence-electron chi connectivity index (χ4n) is 4.68. The first-order valence-corrected chi connectivity index (χ1v) is 14.6. The van der Waals surface area contributed by atoms with E-state index in [2.05, 4.69) is 26.0 Å². The molecule has 1 unspecified atom stereocenters. The van der Waals surface area contributed by atoms with Crippen molar-refractivity contribution in [3.63, 3.8) is 0 Å². The highest BCUT2D eigenvalue weighted by molar-refractivity contribution is 5.66. The number of carbonyl (C=O) groups is 1. The van der Waals surface area contributed by atoms with E-state index < -0.39 is 5.97 Å². The monoisotopic (exact) mass is 450 g/mol. The van der Waals surface area contributed by atoms with Crippen molar-refractivity contribution < 1.29 is 9.90 Å². The number of allylic oxidation sites excluding steroid dienone is 2. The molecule has 32 heavy (non-hydrogen) atoms. The van der Waals surface area contributed by atoms with Crippen LogP contribution in [-0.2, 0) is 4.79 Å². The predicted octanol–water partition coefficient (Wildman–Crippen LogP) is 10.6. The Morgan fingerprint density at radius 2 is 1.00 bits per heavy atom. The number of hydrogen-bond donors (Lipinski definition) is 1. The average molecular weight is 451 g/mol. The van der Waals surface area contributed by atoms with Crippen LogP contribution in [0.5, 0.6) is 0 Å². The van der Waals surface area contributed by atoms with Crippen LogP contribution in [0.2, 0.25) is 0 Å². The van der Waals surface area contributed by atoms with Crippen LogP contribution in [0.1, 0.15) is 168 Å². The second kappa shape index (κ2) is 26.5. The molecule has 0 aliphatic carbocycles. The Hall–Kier alpha value is -0.790. The minimum Gasteiger partial charge on any atom is -0.481 e. The van der Waals surface area contributed by atoms with E-state index in [1.54, 1.807) is 0 Å². The van der Waals surface area contributed by atoms with E-state index in [-0.39, 0.29) is 0 Å². The highest BCUT2D eigenvalue weighted by Crippen LogP contribution is 2.23. The van der Waals surface area contributed by atoms with Gasteiger partial charge in [0.15, 0.2) is 0 Å². The Labute approximate surface area is 202 Å². The fraction of sp³-hybridized carbons (Fsp3) is 0.900. The molecule has 0 fully saturated rings. The molecule has 0 spiro atoms. The molecule has 2 heteroatoms. The lowest BCUT2D eigenvalue weighted by atomic mass is 9.90. The molecule has 0 saturated heterocycles.